The maximum atomic E-state index is 10.4. The summed E-state index contributed by atoms with van der Waals surface area (Å²) in [4.78, 5) is 29.3. The number of hydrogen-bond acceptors (Lipinski definition) is 9. The van der Waals surface area contributed by atoms with Crippen molar-refractivity contribution in [3.63, 3.8) is 0 Å². The number of nitrogens with zero attached hydrogens (tertiary/aromatic N) is 2. The van der Waals surface area contributed by atoms with Gasteiger partial charge in [-0.25, -0.2) is 0 Å². The molecule has 14 heteroatoms. The fourth-order valence-corrected chi connectivity index (χ4v) is 12.0. The maximum Gasteiger partial charge on any atom is 0.303 e. The summed E-state index contributed by atoms with van der Waals surface area (Å²) >= 11 is 0. The Bertz CT molecular complexity index is 1120. The smallest absolute Gasteiger partial charge is 0.303 e. The molecule has 0 aliphatic heterocycles. The van der Waals surface area contributed by atoms with Crippen LogP contribution in [0.2, 0.25) is 0 Å². The molecule has 0 fully saturated rings. The lowest BCUT2D eigenvalue weighted by molar-refractivity contribution is -0.136. The van der Waals surface area contributed by atoms with Crippen LogP contribution < -0.4 is 16.2 Å². The number of aliphatic hydroxyl groups is 4. The fourth-order valence-electron chi connectivity index (χ4n) is 4.62. The number of carboxylic acids is 1. The van der Waals surface area contributed by atoms with Gasteiger partial charge in [-0.05, 0) is 85.8 Å². The van der Waals surface area contributed by atoms with Crippen LogP contribution in [0.15, 0.2) is 79.1 Å². The lowest BCUT2D eigenvalue weighted by atomic mass is 10.4. The van der Waals surface area contributed by atoms with E-state index in [1.165, 1.54) is 36.6 Å². The summed E-state index contributed by atoms with van der Waals surface area (Å²) in [6, 6.07) is 22.6. The van der Waals surface area contributed by atoms with Gasteiger partial charge in [-0.1, -0.05) is 84.0 Å². The summed E-state index contributed by atoms with van der Waals surface area (Å²) in [6.07, 6.45) is 17.0. The van der Waals surface area contributed by atoms with Crippen LogP contribution in [0, 0.1) is 0 Å². The number of carbonyl (C=O) groups is 2. The second-order valence-corrected chi connectivity index (χ2v) is 21.6. The third-order valence-electron chi connectivity index (χ3n) is 7.49. The molecular formula is C39H64N2O8P4. The summed E-state index contributed by atoms with van der Waals surface area (Å²) in [6.45, 7) is 7.78. The highest BCUT2D eigenvalue weighted by Crippen LogP contribution is 2.38. The van der Waals surface area contributed by atoms with E-state index in [2.05, 4.69) is 65.0 Å². The number of rotatable bonds is 24. The van der Waals surface area contributed by atoms with Crippen LogP contribution in [0.3, 0.4) is 0 Å². The molecule has 2 heterocycles. The molecule has 53 heavy (non-hydrogen) atoms. The second-order valence-electron chi connectivity index (χ2n) is 11.6. The van der Waals surface area contributed by atoms with Gasteiger partial charge >= 0.3 is 5.97 Å². The summed E-state index contributed by atoms with van der Waals surface area (Å²) in [5, 5.41) is 44.0. The number of carboxylic acid groups (broad SMARTS) is 1. The number of carbonyl (C=O) groups excluding carboxylic acids is 1. The van der Waals surface area contributed by atoms with Crippen molar-refractivity contribution in [1.82, 2.24) is 9.97 Å². The minimum Gasteiger partial charge on any atom is -0.481 e. The van der Waals surface area contributed by atoms with E-state index >= 15 is 0 Å². The molecule has 0 saturated heterocycles. The highest BCUT2D eigenvalue weighted by Gasteiger charge is 2.18. The Kier molecular flexibility index (Phi) is 35.6. The van der Waals surface area contributed by atoms with Gasteiger partial charge < -0.3 is 30.3 Å². The number of aliphatic carboxylic acids is 1. The van der Waals surface area contributed by atoms with Crippen LogP contribution in [-0.4, -0.2) is 124 Å². The van der Waals surface area contributed by atoms with Crippen LogP contribution >= 0.6 is 31.7 Å². The Morgan fingerprint density at radius 3 is 1.58 bits per heavy atom. The van der Waals surface area contributed by atoms with Crippen molar-refractivity contribution in [2.24, 2.45) is 0 Å². The molecule has 2 aromatic heterocycles. The Morgan fingerprint density at radius 1 is 0.660 bits per heavy atom. The van der Waals surface area contributed by atoms with Gasteiger partial charge in [0.2, 0.25) is 0 Å². The summed E-state index contributed by atoms with van der Waals surface area (Å²) in [7, 11) is -1.28. The van der Waals surface area contributed by atoms with Gasteiger partial charge in [0.1, 0.15) is 0 Å². The molecule has 0 bridgehead atoms. The van der Waals surface area contributed by atoms with Crippen molar-refractivity contribution in [1.29, 1.82) is 0 Å². The van der Waals surface area contributed by atoms with Crippen molar-refractivity contribution < 1.29 is 39.9 Å². The number of aromatic nitrogens is 2. The Hall–Kier alpha value is -1.98. The maximum absolute atomic E-state index is 10.4. The lowest BCUT2D eigenvalue weighted by Crippen LogP contribution is -2.24. The number of ether oxygens (including phenoxy) is 1. The summed E-state index contributed by atoms with van der Waals surface area (Å²) in [5.74, 6) is -0.745. The SMILES string of the molecule is CCCCP(CCCO)CCCO.CCCP(CCOC=O)CCC(=O)O.CCP(CO)CO.c1ccc(P(c2ccccn2)c2ccccn2)cc1. The van der Waals surface area contributed by atoms with Gasteiger partial charge in [0, 0.05) is 46.1 Å². The predicted octanol–water partition coefficient (Wildman–Crippen LogP) is 6.18. The van der Waals surface area contributed by atoms with Crippen LogP contribution in [-0.2, 0) is 14.3 Å². The number of hydrogen-bond donors (Lipinski definition) is 5. The van der Waals surface area contributed by atoms with Crippen molar-refractivity contribution in [2.75, 3.05) is 75.6 Å². The van der Waals surface area contributed by atoms with Gasteiger partial charge in [-0.2, -0.15) is 0 Å². The molecule has 1 unspecified atom stereocenters. The molecule has 0 amide bonds. The molecule has 3 rings (SSSR count). The van der Waals surface area contributed by atoms with Crippen LogP contribution in [0.25, 0.3) is 0 Å². The molecule has 3 aromatic rings. The normalized spacial score (nSPS) is 11.1. The van der Waals surface area contributed by atoms with E-state index in [9.17, 15) is 9.59 Å². The minimum atomic E-state index is -0.745. The number of benzene rings is 1. The van der Waals surface area contributed by atoms with Gasteiger partial charge in [-0.15, -0.1) is 15.8 Å². The van der Waals surface area contributed by atoms with E-state index < -0.39 is 21.8 Å². The molecule has 0 aliphatic carbocycles. The zero-order chi connectivity index (χ0) is 39.4. The molecule has 0 aliphatic rings. The molecule has 0 spiro atoms. The van der Waals surface area contributed by atoms with Gasteiger partial charge in [0.15, 0.2) is 0 Å². The first kappa shape index (κ1) is 51.0. The van der Waals surface area contributed by atoms with Crippen molar-refractivity contribution in [3.8, 4) is 0 Å². The molecule has 1 aromatic carbocycles. The third kappa shape index (κ3) is 27.3. The zero-order valence-electron chi connectivity index (χ0n) is 32.0. The molecule has 10 nitrogen and oxygen atoms in total. The molecule has 5 N–H and O–H groups in total. The van der Waals surface area contributed by atoms with Gasteiger partial charge in [-0.3, -0.25) is 19.6 Å². The van der Waals surface area contributed by atoms with E-state index in [1.807, 2.05) is 49.6 Å². The average Bonchev–Trinajstić information content (AvgIpc) is 3.19. The summed E-state index contributed by atoms with van der Waals surface area (Å²) < 4.78 is 4.61. The number of unbranched alkanes of at least 4 members (excludes halogenated alkanes) is 1. The molecule has 0 saturated carbocycles. The first-order valence-corrected chi connectivity index (χ1v) is 25.4. The zero-order valence-corrected chi connectivity index (χ0v) is 35.5. The van der Waals surface area contributed by atoms with Crippen molar-refractivity contribution in [2.45, 2.75) is 59.3 Å². The molecule has 298 valence electrons. The molecule has 1 atom stereocenters. The van der Waals surface area contributed by atoms with Crippen molar-refractivity contribution >= 4 is 60.3 Å². The molecule has 0 radical (unpaired) electrons. The third-order valence-corrected chi connectivity index (χ3v) is 17.0. The van der Waals surface area contributed by atoms with E-state index in [0.717, 1.165) is 54.8 Å². The highest BCUT2D eigenvalue weighted by atomic mass is 31.1. The Balaban J connectivity index is 0.000000718. The first-order chi connectivity index (χ1) is 25.8. The van der Waals surface area contributed by atoms with E-state index in [0.29, 0.717) is 26.3 Å². The topological polar surface area (TPSA) is 170 Å². The first-order valence-electron chi connectivity index (χ1n) is 18.4. The largest absolute Gasteiger partial charge is 0.481 e. The average molecular weight is 813 g/mol. The van der Waals surface area contributed by atoms with E-state index in [-0.39, 0.29) is 35.0 Å². The summed E-state index contributed by atoms with van der Waals surface area (Å²) in [5.41, 5.74) is 2.17. The van der Waals surface area contributed by atoms with Crippen LogP contribution in [0.1, 0.15) is 59.3 Å². The quantitative estimate of drug-likeness (QED) is 0.0400. The Labute approximate surface area is 323 Å². The monoisotopic (exact) mass is 812 g/mol. The predicted molar refractivity (Wildman–Crippen MR) is 228 cm³/mol. The van der Waals surface area contributed by atoms with Gasteiger partial charge in [0.05, 0.1) is 30.2 Å². The standard InChI is InChI=1S/C16H13N2P.C10H23O2P.C9H17O4P.C4H11O2P/c1-2-8-14(9-3-1)19(15-10-4-6-12-17-15)16-11-5-7-13-18-16;1-2-3-8-13(9-4-6-11)10-5-7-12;1-2-5-14(6-3-9(11)12)7-4-13-8-10;1-2-7(3-5)4-6/h1-13H;11-12H,2-10H2,1H3;8H,2-7H2,1H3,(H,11,12);5-6H,2-4H2,1H3. The van der Waals surface area contributed by atoms with Crippen LogP contribution in [0.4, 0.5) is 0 Å². The van der Waals surface area contributed by atoms with Gasteiger partial charge in [0.25, 0.3) is 6.47 Å². The van der Waals surface area contributed by atoms with Crippen LogP contribution in [0.5, 0.6) is 0 Å². The lowest BCUT2D eigenvalue weighted by Gasteiger charge is -2.16. The second kappa shape index (κ2) is 37.0. The van der Waals surface area contributed by atoms with E-state index in [4.69, 9.17) is 25.5 Å². The van der Waals surface area contributed by atoms with E-state index in [1.54, 1.807) is 0 Å². The fraction of sp³-hybridized carbons (Fsp3) is 0.538. The number of pyridine rings is 2. The Morgan fingerprint density at radius 2 is 1.19 bits per heavy atom. The minimum absolute atomic E-state index is 0.102. The molecular weight excluding hydrogens is 748 g/mol. The van der Waals surface area contributed by atoms with Crippen molar-refractivity contribution in [3.05, 3.63) is 79.1 Å². The number of aliphatic hydroxyl groups excluding tert-OH is 4. The highest BCUT2D eigenvalue weighted by molar-refractivity contribution is 7.79.